The first kappa shape index (κ1) is 17.7. The normalized spacial score (nSPS) is 22.8. The maximum atomic E-state index is 5.12. The zero-order chi connectivity index (χ0) is 16.8. The third-order valence-electron chi connectivity index (χ3n) is 4.20. The number of hydrogen-bond acceptors (Lipinski definition) is 5. The molecule has 23 heavy (non-hydrogen) atoms. The molecule has 130 valence electrons. The van der Waals surface area contributed by atoms with Crippen molar-refractivity contribution in [3.8, 4) is 0 Å². The minimum Gasteiger partial charge on any atom is -0.357 e. The number of rotatable bonds is 6. The molecule has 0 saturated carbocycles. The molecule has 1 saturated heterocycles. The van der Waals surface area contributed by atoms with Crippen molar-refractivity contribution in [3.63, 3.8) is 0 Å². The van der Waals surface area contributed by atoms with Crippen LogP contribution in [0.15, 0.2) is 9.52 Å². The average Bonchev–Trinajstić information content (AvgIpc) is 3.06. The van der Waals surface area contributed by atoms with Crippen molar-refractivity contribution in [3.05, 3.63) is 11.7 Å². The summed E-state index contributed by atoms with van der Waals surface area (Å²) >= 11 is 0. The van der Waals surface area contributed by atoms with Gasteiger partial charge in [-0.15, -0.1) is 0 Å². The number of likely N-dealkylation sites (tertiary alicyclic amines) is 1. The molecule has 0 amide bonds. The van der Waals surface area contributed by atoms with Crippen LogP contribution in [-0.2, 0) is 6.42 Å². The van der Waals surface area contributed by atoms with Gasteiger partial charge in [0, 0.05) is 38.1 Å². The molecule has 1 aliphatic rings. The van der Waals surface area contributed by atoms with E-state index in [0.29, 0.717) is 42.7 Å². The van der Waals surface area contributed by atoms with E-state index in [1.165, 1.54) is 0 Å². The fourth-order valence-electron chi connectivity index (χ4n) is 2.81. The van der Waals surface area contributed by atoms with Crippen LogP contribution in [0, 0.1) is 12.8 Å². The molecule has 7 heteroatoms. The second-order valence-electron chi connectivity index (χ2n) is 6.52. The molecule has 1 fully saturated rings. The summed E-state index contributed by atoms with van der Waals surface area (Å²) in [4.78, 5) is 11.3. The average molecular weight is 322 g/mol. The van der Waals surface area contributed by atoms with Crippen molar-refractivity contribution in [1.82, 2.24) is 25.7 Å². The van der Waals surface area contributed by atoms with Gasteiger partial charge in [-0.1, -0.05) is 12.1 Å². The number of hydrogen-bond donors (Lipinski definition) is 2. The van der Waals surface area contributed by atoms with E-state index in [9.17, 15) is 0 Å². The molecule has 7 nitrogen and oxygen atoms in total. The summed E-state index contributed by atoms with van der Waals surface area (Å²) in [5.41, 5.74) is 0. The van der Waals surface area contributed by atoms with E-state index in [1.54, 1.807) is 0 Å². The van der Waals surface area contributed by atoms with Crippen molar-refractivity contribution in [2.45, 2.75) is 53.1 Å². The number of nitrogens with one attached hydrogen (secondary N) is 2. The lowest BCUT2D eigenvalue weighted by atomic mass is 10.1. The standard InChI is InChI=1S/C16H30N6O/c1-6-17-16(18-8-7-15-19-13(5)21-23-15)20-14-10-22(11(2)3)9-12(14)4/h11-12,14H,6-10H2,1-5H3,(H2,17,18,20). The maximum Gasteiger partial charge on any atom is 0.228 e. The molecule has 0 aliphatic carbocycles. The predicted octanol–water partition coefficient (Wildman–Crippen LogP) is 1.20. The fraction of sp³-hybridized carbons (Fsp3) is 0.812. The van der Waals surface area contributed by atoms with E-state index >= 15 is 0 Å². The second-order valence-corrected chi connectivity index (χ2v) is 6.52. The van der Waals surface area contributed by atoms with Gasteiger partial charge in [-0.3, -0.25) is 9.89 Å². The van der Waals surface area contributed by atoms with E-state index in [1.807, 2.05) is 6.92 Å². The summed E-state index contributed by atoms with van der Waals surface area (Å²) < 4.78 is 5.12. The van der Waals surface area contributed by atoms with Gasteiger partial charge in [0.25, 0.3) is 0 Å². The van der Waals surface area contributed by atoms with Crippen molar-refractivity contribution in [1.29, 1.82) is 0 Å². The molecule has 2 N–H and O–H groups in total. The summed E-state index contributed by atoms with van der Waals surface area (Å²) in [6.45, 7) is 14.4. The Hall–Kier alpha value is -1.63. The molecule has 2 atom stereocenters. The van der Waals surface area contributed by atoms with Gasteiger partial charge >= 0.3 is 0 Å². The van der Waals surface area contributed by atoms with Crippen LogP contribution in [0.1, 0.15) is 39.4 Å². The summed E-state index contributed by atoms with van der Waals surface area (Å²) in [5, 5.41) is 10.7. The Morgan fingerprint density at radius 1 is 1.43 bits per heavy atom. The van der Waals surface area contributed by atoms with Crippen molar-refractivity contribution in [2.75, 3.05) is 26.2 Å². The Balaban J connectivity index is 1.88. The molecule has 1 aromatic heterocycles. The molecule has 0 bridgehead atoms. The van der Waals surface area contributed by atoms with Crippen LogP contribution >= 0.6 is 0 Å². The maximum absolute atomic E-state index is 5.12. The molecule has 0 radical (unpaired) electrons. The first-order valence-corrected chi connectivity index (χ1v) is 8.57. The lowest BCUT2D eigenvalue weighted by Gasteiger charge is -2.21. The topological polar surface area (TPSA) is 78.6 Å². The quantitative estimate of drug-likeness (QED) is 0.605. The van der Waals surface area contributed by atoms with E-state index in [-0.39, 0.29) is 0 Å². The zero-order valence-electron chi connectivity index (χ0n) is 15.0. The van der Waals surface area contributed by atoms with Gasteiger partial charge in [0.05, 0.1) is 6.54 Å². The summed E-state index contributed by atoms with van der Waals surface area (Å²) in [6, 6.07) is 1.02. The first-order valence-electron chi connectivity index (χ1n) is 8.57. The smallest absolute Gasteiger partial charge is 0.228 e. The number of aliphatic imine (C=N–C) groups is 1. The van der Waals surface area contributed by atoms with Crippen molar-refractivity contribution < 1.29 is 4.52 Å². The van der Waals surface area contributed by atoms with Gasteiger partial charge < -0.3 is 15.2 Å². The Kier molecular flexibility index (Phi) is 6.38. The molecular formula is C16H30N6O. The Labute approximate surface area is 138 Å². The molecule has 0 aromatic carbocycles. The molecule has 2 rings (SSSR count). The minimum absolute atomic E-state index is 0.431. The lowest BCUT2D eigenvalue weighted by Crippen LogP contribution is -2.47. The van der Waals surface area contributed by atoms with Gasteiger partial charge in [-0.2, -0.15) is 4.98 Å². The molecule has 1 aromatic rings. The van der Waals surface area contributed by atoms with Crippen LogP contribution < -0.4 is 10.6 Å². The highest BCUT2D eigenvalue weighted by Gasteiger charge is 2.31. The number of guanidine groups is 1. The monoisotopic (exact) mass is 322 g/mol. The molecule has 1 aliphatic heterocycles. The largest absolute Gasteiger partial charge is 0.357 e. The number of aromatic nitrogens is 2. The molecule has 2 heterocycles. The fourth-order valence-corrected chi connectivity index (χ4v) is 2.81. The molecule has 2 unspecified atom stereocenters. The van der Waals surface area contributed by atoms with Gasteiger partial charge in [0.1, 0.15) is 0 Å². The third-order valence-corrected chi connectivity index (χ3v) is 4.20. The highest BCUT2D eigenvalue weighted by atomic mass is 16.5. The Morgan fingerprint density at radius 2 is 2.22 bits per heavy atom. The van der Waals surface area contributed by atoms with Crippen molar-refractivity contribution >= 4 is 5.96 Å². The van der Waals surface area contributed by atoms with Crippen LogP contribution in [0.2, 0.25) is 0 Å². The highest BCUT2D eigenvalue weighted by molar-refractivity contribution is 5.80. The minimum atomic E-state index is 0.431. The van der Waals surface area contributed by atoms with Gasteiger partial charge in [-0.05, 0) is 33.6 Å². The van der Waals surface area contributed by atoms with Crippen LogP contribution in [0.3, 0.4) is 0 Å². The van der Waals surface area contributed by atoms with E-state index in [4.69, 9.17) is 4.52 Å². The number of nitrogens with zero attached hydrogens (tertiary/aromatic N) is 4. The molecule has 0 spiro atoms. The van der Waals surface area contributed by atoms with Gasteiger partial charge in [0.15, 0.2) is 11.8 Å². The Morgan fingerprint density at radius 3 is 2.78 bits per heavy atom. The SMILES string of the molecule is CCNC(=NCCc1nc(C)no1)NC1CN(C(C)C)CC1C. The summed E-state index contributed by atoms with van der Waals surface area (Å²) in [6.07, 6.45) is 0.662. The number of aryl methyl sites for hydroxylation is 1. The lowest BCUT2D eigenvalue weighted by molar-refractivity contribution is 0.265. The van der Waals surface area contributed by atoms with E-state index < -0.39 is 0 Å². The van der Waals surface area contributed by atoms with Crippen LogP contribution in [0.5, 0.6) is 0 Å². The van der Waals surface area contributed by atoms with Gasteiger partial charge in [0.2, 0.25) is 5.89 Å². The predicted molar refractivity (Wildman–Crippen MR) is 91.5 cm³/mol. The van der Waals surface area contributed by atoms with Gasteiger partial charge in [-0.25, -0.2) is 0 Å². The summed E-state index contributed by atoms with van der Waals surface area (Å²) in [7, 11) is 0. The highest BCUT2D eigenvalue weighted by Crippen LogP contribution is 2.18. The van der Waals surface area contributed by atoms with E-state index in [0.717, 1.165) is 25.6 Å². The van der Waals surface area contributed by atoms with Crippen LogP contribution in [0.25, 0.3) is 0 Å². The van der Waals surface area contributed by atoms with E-state index in [2.05, 4.69) is 58.4 Å². The Bertz CT molecular complexity index is 512. The summed E-state index contributed by atoms with van der Waals surface area (Å²) in [5.74, 6) is 2.79. The third kappa shape index (κ3) is 5.20. The van der Waals surface area contributed by atoms with Crippen LogP contribution in [-0.4, -0.2) is 59.3 Å². The van der Waals surface area contributed by atoms with Crippen molar-refractivity contribution in [2.24, 2.45) is 10.9 Å². The zero-order valence-corrected chi connectivity index (χ0v) is 15.0. The van der Waals surface area contributed by atoms with Crippen LogP contribution in [0.4, 0.5) is 0 Å². The second kappa shape index (κ2) is 8.29. The molecular weight excluding hydrogens is 292 g/mol. The first-order chi connectivity index (χ1) is 11.0.